The number of hydrogen-bond donors (Lipinski definition) is 0. The molecule has 0 radical (unpaired) electrons. The van der Waals surface area contributed by atoms with Crippen molar-refractivity contribution in [3.63, 3.8) is 0 Å². The van der Waals surface area contributed by atoms with Crippen LogP contribution in [0.1, 0.15) is 38.2 Å². The fraction of sp³-hybridized carbons (Fsp3) is 0.550. The Kier molecular flexibility index (Phi) is 5.33. The van der Waals surface area contributed by atoms with E-state index in [1.165, 1.54) is 0 Å². The molecule has 2 atom stereocenters. The number of likely N-dealkylation sites (tertiary alicyclic amines) is 2. The number of nitrogens with zero attached hydrogens (tertiary/aromatic N) is 3. The van der Waals surface area contributed by atoms with Crippen LogP contribution >= 0.6 is 0 Å². The van der Waals surface area contributed by atoms with Crippen molar-refractivity contribution in [1.29, 1.82) is 0 Å². The highest BCUT2D eigenvalue weighted by Gasteiger charge is 2.36. The van der Waals surface area contributed by atoms with E-state index in [9.17, 15) is 18.0 Å². The number of piperidine rings is 1. The number of esters is 1. The maximum atomic E-state index is 12.7. The van der Waals surface area contributed by atoms with Crippen molar-refractivity contribution < 1.29 is 22.7 Å². The van der Waals surface area contributed by atoms with Crippen LogP contribution in [0.3, 0.4) is 0 Å². The maximum Gasteiger partial charge on any atom is 0.311 e. The van der Waals surface area contributed by atoms with Crippen LogP contribution < -0.4 is 0 Å². The highest BCUT2D eigenvalue weighted by Crippen LogP contribution is 2.30. The van der Waals surface area contributed by atoms with Crippen LogP contribution in [0.15, 0.2) is 33.6 Å². The molecule has 0 aromatic heterocycles. The number of rotatable bonds is 3. The van der Waals surface area contributed by atoms with Gasteiger partial charge in [0.1, 0.15) is 4.90 Å². The van der Waals surface area contributed by atoms with Gasteiger partial charge in [0.25, 0.3) is 15.9 Å². The molecule has 0 N–H and O–H groups in total. The van der Waals surface area contributed by atoms with Crippen molar-refractivity contribution in [1.82, 2.24) is 9.80 Å². The molecule has 1 amide bonds. The average molecular weight is 420 g/mol. The van der Waals surface area contributed by atoms with Crippen LogP contribution in [0.5, 0.6) is 0 Å². The number of amides is 1. The first-order valence-electron chi connectivity index (χ1n) is 10.1. The van der Waals surface area contributed by atoms with Gasteiger partial charge in [0.05, 0.1) is 5.92 Å². The number of benzene rings is 1. The van der Waals surface area contributed by atoms with Crippen molar-refractivity contribution in [3.8, 4) is 0 Å². The zero-order chi connectivity index (χ0) is 20.6. The van der Waals surface area contributed by atoms with Gasteiger partial charge in [-0.15, -0.1) is 4.40 Å². The molecule has 4 rings (SSSR count). The molecular formula is C20H25N3O5S. The fourth-order valence-electron chi connectivity index (χ4n) is 4.19. The predicted molar refractivity (Wildman–Crippen MR) is 106 cm³/mol. The fourth-order valence-corrected chi connectivity index (χ4v) is 5.42. The number of hydrogen-bond acceptors (Lipinski definition) is 6. The van der Waals surface area contributed by atoms with E-state index in [2.05, 4.69) is 4.40 Å². The van der Waals surface area contributed by atoms with E-state index in [0.29, 0.717) is 44.0 Å². The van der Waals surface area contributed by atoms with E-state index in [4.69, 9.17) is 4.74 Å². The van der Waals surface area contributed by atoms with Crippen LogP contribution in [-0.2, 0) is 24.3 Å². The molecule has 3 aliphatic heterocycles. The molecule has 3 aliphatic rings. The molecule has 29 heavy (non-hydrogen) atoms. The minimum Gasteiger partial charge on any atom is -0.452 e. The van der Waals surface area contributed by atoms with Gasteiger partial charge in [-0.25, -0.2) is 0 Å². The lowest BCUT2D eigenvalue weighted by Crippen LogP contribution is -2.44. The van der Waals surface area contributed by atoms with Crippen molar-refractivity contribution in [2.75, 3.05) is 26.2 Å². The SMILES string of the molecule is C[C@@H](OC(=O)[C@H]1CCCN(C2=NS(=O)(=O)c3ccccc32)C1)C(=O)N1CCCC1. The zero-order valence-electron chi connectivity index (χ0n) is 16.4. The molecule has 3 heterocycles. The highest BCUT2D eigenvalue weighted by molar-refractivity contribution is 7.90. The summed E-state index contributed by atoms with van der Waals surface area (Å²) in [5.41, 5.74) is 0.569. The topological polar surface area (TPSA) is 96.3 Å². The normalized spacial score (nSPS) is 24.0. The Morgan fingerprint density at radius 2 is 1.86 bits per heavy atom. The molecule has 0 spiro atoms. The number of ether oxygens (including phenoxy) is 1. The molecule has 1 aromatic carbocycles. The van der Waals surface area contributed by atoms with Gasteiger partial charge in [-0.2, -0.15) is 8.42 Å². The molecule has 0 aliphatic carbocycles. The quantitative estimate of drug-likeness (QED) is 0.687. The van der Waals surface area contributed by atoms with Gasteiger partial charge >= 0.3 is 5.97 Å². The summed E-state index contributed by atoms with van der Waals surface area (Å²) in [5.74, 6) is -0.594. The third-order valence-electron chi connectivity index (χ3n) is 5.73. The predicted octanol–water partition coefficient (Wildman–Crippen LogP) is 1.40. The van der Waals surface area contributed by atoms with E-state index in [-0.39, 0.29) is 10.8 Å². The molecule has 2 fully saturated rings. The van der Waals surface area contributed by atoms with E-state index >= 15 is 0 Å². The molecule has 0 unspecified atom stereocenters. The summed E-state index contributed by atoms with van der Waals surface area (Å²) in [4.78, 5) is 28.9. The second kappa shape index (κ2) is 7.78. The Morgan fingerprint density at radius 3 is 2.62 bits per heavy atom. The van der Waals surface area contributed by atoms with Crippen molar-refractivity contribution in [3.05, 3.63) is 29.8 Å². The highest BCUT2D eigenvalue weighted by atomic mass is 32.2. The van der Waals surface area contributed by atoms with Crippen LogP contribution in [-0.4, -0.2) is 68.2 Å². The first-order chi connectivity index (χ1) is 13.9. The lowest BCUT2D eigenvalue weighted by atomic mass is 9.97. The van der Waals surface area contributed by atoms with Crippen molar-refractivity contribution >= 4 is 27.7 Å². The van der Waals surface area contributed by atoms with E-state index in [1.54, 1.807) is 36.1 Å². The average Bonchev–Trinajstić information content (AvgIpc) is 3.34. The Labute approximate surface area is 170 Å². The Bertz CT molecular complexity index is 953. The Hall–Kier alpha value is -2.42. The Balaban J connectivity index is 1.44. The number of fused-ring (bicyclic) bond motifs is 1. The number of carbonyl (C=O) groups excluding carboxylic acids is 2. The second-order valence-electron chi connectivity index (χ2n) is 7.78. The van der Waals surface area contributed by atoms with E-state index in [0.717, 1.165) is 19.3 Å². The smallest absolute Gasteiger partial charge is 0.311 e. The van der Waals surface area contributed by atoms with Crippen LogP contribution in [0, 0.1) is 5.92 Å². The monoisotopic (exact) mass is 419 g/mol. The van der Waals surface area contributed by atoms with Gasteiger partial charge in [0.15, 0.2) is 11.9 Å². The molecule has 0 bridgehead atoms. The summed E-state index contributed by atoms with van der Waals surface area (Å²) in [6, 6.07) is 6.72. The summed E-state index contributed by atoms with van der Waals surface area (Å²) in [5, 5.41) is 0. The molecule has 1 aromatic rings. The summed E-state index contributed by atoms with van der Waals surface area (Å²) >= 11 is 0. The maximum absolute atomic E-state index is 12.7. The van der Waals surface area contributed by atoms with Crippen molar-refractivity contribution in [2.45, 2.75) is 43.6 Å². The molecule has 0 saturated carbocycles. The first kappa shape index (κ1) is 19.9. The minimum absolute atomic E-state index is 0.149. The largest absolute Gasteiger partial charge is 0.452 e. The third-order valence-corrected chi connectivity index (χ3v) is 7.05. The summed E-state index contributed by atoms with van der Waals surface area (Å²) < 4.78 is 34.1. The second-order valence-corrected chi connectivity index (χ2v) is 9.36. The summed E-state index contributed by atoms with van der Waals surface area (Å²) in [7, 11) is -3.70. The van der Waals surface area contributed by atoms with Gasteiger partial charge in [0, 0.05) is 31.7 Å². The molecule has 156 valence electrons. The van der Waals surface area contributed by atoms with Crippen LogP contribution in [0.4, 0.5) is 0 Å². The lowest BCUT2D eigenvalue weighted by Gasteiger charge is -2.33. The minimum atomic E-state index is -3.70. The molecule has 2 saturated heterocycles. The van der Waals surface area contributed by atoms with Gasteiger partial charge in [-0.05, 0) is 44.7 Å². The standard InChI is InChI=1S/C20H25N3O5S/c1-14(19(24)22-10-4-5-11-22)28-20(25)15-7-6-12-23(13-15)18-16-8-2-3-9-17(16)29(26,27)21-18/h2-3,8-9,14-15H,4-7,10-13H2,1H3/t14-,15+/m1/s1. The summed E-state index contributed by atoms with van der Waals surface area (Å²) in [6.07, 6.45) is 2.52. The van der Waals surface area contributed by atoms with Gasteiger partial charge in [-0.3, -0.25) is 9.59 Å². The number of sulfonamides is 1. The summed E-state index contributed by atoms with van der Waals surface area (Å²) in [6.45, 7) is 3.99. The van der Waals surface area contributed by atoms with Gasteiger partial charge < -0.3 is 14.5 Å². The van der Waals surface area contributed by atoms with Gasteiger partial charge in [-0.1, -0.05) is 12.1 Å². The van der Waals surface area contributed by atoms with Crippen LogP contribution in [0.25, 0.3) is 0 Å². The number of carbonyl (C=O) groups is 2. The third kappa shape index (κ3) is 3.88. The van der Waals surface area contributed by atoms with E-state index < -0.39 is 28.0 Å². The van der Waals surface area contributed by atoms with Gasteiger partial charge in [0.2, 0.25) is 0 Å². The Morgan fingerprint density at radius 1 is 1.14 bits per heavy atom. The molecular weight excluding hydrogens is 394 g/mol. The van der Waals surface area contributed by atoms with Crippen LogP contribution in [0.2, 0.25) is 0 Å². The molecule has 8 nitrogen and oxygen atoms in total. The first-order valence-corrected chi connectivity index (χ1v) is 11.5. The molecule has 9 heteroatoms. The lowest BCUT2D eigenvalue weighted by molar-refractivity contribution is -0.163. The number of amidine groups is 1. The van der Waals surface area contributed by atoms with Crippen molar-refractivity contribution in [2.24, 2.45) is 10.3 Å². The van der Waals surface area contributed by atoms with E-state index in [1.807, 2.05) is 4.90 Å². The zero-order valence-corrected chi connectivity index (χ0v) is 17.2.